The van der Waals surface area contributed by atoms with Crippen LogP contribution in [0.4, 0.5) is 17.2 Å². The lowest BCUT2D eigenvalue weighted by molar-refractivity contribution is 0.578. The summed E-state index contributed by atoms with van der Waals surface area (Å²) in [7, 11) is 0. The van der Waals surface area contributed by atoms with Gasteiger partial charge in [0, 0.05) is 30.9 Å². The highest BCUT2D eigenvalue weighted by molar-refractivity contribution is 6.33. The summed E-state index contributed by atoms with van der Waals surface area (Å²) in [5.41, 5.74) is 3.81. The number of benzene rings is 1. The fourth-order valence-electron chi connectivity index (χ4n) is 3.10. The number of rotatable bonds is 5. The summed E-state index contributed by atoms with van der Waals surface area (Å²) in [4.78, 5) is 11.0. The number of hydrogen-bond donors (Lipinski definition) is 1. The van der Waals surface area contributed by atoms with Crippen molar-refractivity contribution < 1.29 is 0 Å². The Morgan fingerprint density at radius 2 is 1.92 bits per heavy atom. The molecule has 1 aliphatic heterocycles. The van der Waals surface area contributed by atoms with Crippen LogP contribution in [0.2, 0.25) is 5.02 Å². The van der Waals surface area contributed by atoms with Crippen LogP contribution in [0.15, 0.2) is 35.3 Å². The number of aromatic nitrogens is 1. The van der Waals surface area contributed by atoms with E-state index in [1.165, 1.54) is 24.9 Å². The highest BCUT2D eigenvalue weighted by Crippen LogP contribution is 2.34. The summed E-state index contributed by atoms with van der Waals surface area (Å²) in [5.74, 6) is 0.580. The standard InChI is InChI=1S/C19H23ClN4/c1-3-22-17-13-16(20)18(23-19(17)21-2)14-7-9-15(10-8-14)24-11-5-4-6-12-24/h7-10,13,22H,2-6,11-12H2,1H3. The molecule has 0 bridgehead atoms. The van der Waals surface area contributed by atoms with E-state index in [9.17, 15) is 0 Å². The van der Waals surface area contributed by atoms with E-state index in [0.29, 0.717) is 10.8 Å². The van der Waals surface area contributed by atoms with Crippen molar-refractivity contribution in [3.63, 3.8) is 0 Å². The topological polar surface area (TPSA) is 40.5 Å². The quantitative estimate of drug-likeness (QED) is 0.763. The summed E-state index contributed by atoms with van der Waals surface area (Å²) in [5, 5.41) is 3.83. The molecule has 2 heterocycles. The van der Waals surface area contributed by atoms with Crippen LogP contribution in [0.3, 0.4) is 0 Å². The number of aliphatic imine (C=N–C) groups is 1. The Labute approximate surface area is 148 Å². The minimum absolute atomic E-state index is 0.580. The predicted octanol–water partition coefficient (Wildman–Crippen LogP) is 5.16. The molecule has 0 atom stereocenters. The second kappa shape index (κ2) is 7.67. The molecule has 1 aromatic heterocycles. The SMILES string of the molecule is C=Nc1nc(-c2ccc(N3CCCCC3)cc2)c(Cl)cc1NCC. The Bertz CT molecular complexity index is 706. The molecular formula is C19H23ClN4. The Kier molecular flexibility index (Phi) is 5.36. The zero-order valence-corrected chi connectivity index (χ0v) is 14.8. The maximum absolute atomic E-state index is 6.44. The average molecular weight is 343 g/mol. The van der Waals surface area contributed by atoms with Gasteiger partial charge in [-0.1, -0.05) is 23.7 Å². The molecule has 0 amide bonds. The number of nitrogens with zero attached hydrogens (tertiary/aromatic N) is 3. The van der Waals surface area contributed by atoms with Gasteiger partial charge in [-0.3, -0.25) is 0 Å². The van der Waals surface area contributed by atoms with Gasteiger partial charge in [0.2, 0.25) is 0 Å². The Balaban J connectivity index is 1.89. The third-order valence-electron chi connectivity index (χ3n) is 4.33. The van der Waals surface area contributed by atoms with Gasteiger partial charge >= 0.3 is 0 Å². The molecule has 2 aromatic rings. The zero-order valence-electron chi connectivity index (χ0n) is 14.1. The number of anilines is 2. The van der Waals surface area contributed by atoms with Crippen molar-refractivity contribution in [1.29, 1.82) is 0 Å². The first-order valence-corrected chi connectivity index (χ1v) is 8.87. The highest BCUT2D eigenvalue weighted by atomic mass is 35.5. The third kappa shape index (κ3) is 3.54. The molecule has 3 rings (SSSR count). The lowest BCUT2D eigenvalue weighted by Gasteiger charge is -2.28. The van der Waals surface area contributed by atoms with Crippen molar-refractivity contribution in [2.24, 2.45) is 4.99 Å². The molecule has 1 saturated heterocycles. The van der Waals surface area contributed by atoms with Gasteiger partial charge in [0.05, 0.1) is 16.4 Å². The summed E-state index contributed by atoms with van der Waals surface area (Å²) < 4.78 is 0. The molecule has 0 radical (unpaired) electrons. The first kappa shape index (κ1) is 16.8. The highest BCUT2D eigenvalue weighted by Gasteiger charge is 2.14. The van der Waals surface area contributed by atoms with Crippen LogP contribution in [0.1, 0.15) is 26.2 Å². The monoisotopic (exact) mass is 342 g/mol. The Morgan fingerprint density at radius 1 is 1.21 bits per heavy atom. The maximum Gasteiger partial charge on any atom is 0.175 e. The smallest absolute Gasteiger partial charge is 0.175 e. The predicted molar refractivity (Wildman–Crippen MR) is 104 cm³/mol. The molecule has 0 aliphatic carbocycles. The van der Waals surface area contributed by atoms with Crippen LogP contribution in [0, 0.1) is 0 Å². The van der Waals surface area contributed by atoms with Crippen molar-refractivity contribution in [1.82, 2.24) is 4.98 Å². The van der Waals surface area contributed by atoms with Crippen LogP contribution in [-0.2, 0) is 0 Å². The van der Waals surface area contributed by atoms with Crippen molar-refractivity contribution in [2.45, 2.75) is 26.2 Å². The fourth-order valence-corrected chi connectivity index (χ4v) is 3.37. The third-order valence-corrected chi connectivity index (χ3v) is 4.62. The van der Waals surface area contributed by atoms with Crippen LogP contribution in [0.5, 0.6) is 0 Å². The minimum Gasteiger partial charge on any atom is -0.382 e. The molecule has 0 unspecified atom stereocenters. The first-order chi connectivity index (χ1) is 11.7. The number of pyridine rings is 1. The number of hydrogen-bond acceptors (Lipinski definition) is 4. The van der Waals surface area contributed by atoms with E-state index in [2.05, 4.69) is 51.2 Å². The Hall–Kier alpha value is -2.07. The molecule has 1 N–H and O–H groups in total. The van der Waals surface area contributed by atoms with E-state index in [-0.39, 0.29) is 0 Å². The average Bonchev–Trinajstić information content (AvgIpc) is 2.63. The molecule has 5 heteroatoms. The summed E-state index contributed by atoms with van der Waals surface area (Å²) in [6.45, 7) is 8.69. The van der Waals surface area contributed by atoms with E-state index >= 15 is 0 Å². The van der Waals surface area contributed by atoms with Gasteiger partial charge in [-0.25, -0.2) is 9.98 Å². The molecule has 0 spiro atoms. The molecule has 126 valence electrons. The molecule has 4 nitrogen and oxygen atoms in total. The fraction of sp³-hybridized carbons (Fsp3) is 0.368. The number of piperidine rings is 1. The number of nitrogens with one attached hydrogen (secondary N) is 1. The Morgan fingerprint density at radius 3 is 2.54 bits per heavy atom. The largest absolute Gasteiger partial charge is 0.382 e. The van der Waals surface area contributed by atoms with Gasteiger partial charge in [-0.2, -0.15) is 0 Å². The summed E-state index contributed by atoms with van der Waals surface area (Å²) >= 11 is 6.44. The second-order valence-corrected chi connectivity index (χ2v) is 6.38. The van der Waals surface area contributed by atoms with Crippen LogP contribution < -0.4 is 10.2 Å². The van der Waals surface area contributed by atoms with Crippen molar-refractivity contribution in [2.75, 3.05) is 29.9 Å². The van der Waals surface area contributed by atoms with Crippen molar-refractivity contribution in [3.05, 3.63) is 35.4 Å². The summed E-state index contributed by atoms with van der Waals surface area (Å²) in [6, 6.07) is 10.3. The minimum atomic E-state index is 0.580. The van der Waals surface area contributed by atoms with Gasteiger partial charge < -0.3 is 10.2 Å². The van der Waals surface area contributed by atoms with Gasteiger partial charge in [-0.15, -0.1) is 0 Å². The van der Waals surface area contributed by atoms with Gasteiger partial charge in [0.15, 0.2) is 5.82 Å². The lowest BCUT2D eigenvalue weighted by atomic mass is 10.1. The van der Waals surface area contributed by atoms with E-state index in [1.54, 1.807) is 0 Å². The normalized spacial score (nSPS) is 14.5. The van der Waals surface area contributed by atoms with Gasteiger partial charge in [0.25, 0.3) is 0 Å². The van der Waals surface area contributed by atoms with Gasteiger partial charge in [0.1, 0.15) is 0 Å². The molecule has 1 aliphatic rings. The molecule has 1 aromatic carbocycles. The second-order valence-electron chi connectivity index (χ2n) is 5.97. The van der Waals surface area contributed by atoms with E-state index < -0.39 is 0 Å². The summed E-state index contributed by atoms with van der Waals surface area (Å²) in [6.07, 6.45) is 3.88. The molecule has 0 saturated carbocycles. The zero-order chi connectivity index (χ0) is 16.9. The van der Waals surface area contributed by atoms with Crippen molar-refractivity contribution >= 4 is 35.5 Å². The number of halogens is 1. The molecular weight excluding hydrogens is 320 g/mol. The van der Waals surface area contributed by atoms with Crippen LogP contribution >= 0.6 is 11.6 Å². The van der Waals surface area contributed by atoms with Crippen molar-refractivity contribution in [3.8, 4) is 11.3 Å². The van der Waals surface area contributed by atoms with E-state index in [0.717, 1.165) is 36.6 Å². The van der Waals surface area contributed by atoms with E-state index in [4.69, 9.17) is 11.6 Å². The lowest BCUT2D eigenvalue weighted by Crippen LogP contribution is -2.29. The van der Waals surface area contributed by atoms with Crippen LogP contribution in [0.25, 0.3) is 11.3 Å². The van der Waals surface area contributed by atoms with Gasteiger partial charge in [-0.05, 0) is 51.1 Å². The first-order valence-electron chi connectivity index (χ1n) is 8.49. The molecule has 1 fully saturated rings. The molecule has 24 heavy (non-hydrogen) atoms. The maximum atomic E-state index is 6.44. The van der Waals surface area contributed by atoms with Crippen LogP contribution in [-0.4, -0.2) is 31.3 Å². The van der Waals surface area contributed by atoms with E-state index in [1.807, 2.05) is 13.0 Å².